The van der Waals surface area contributed by atoms with E-state index in [1.54, 1.807) is 4.57 Å². The van der Waals surface area contributed by atoms with Gasteiger partial charge in [0.1, 0.15) is 0 Å². The quantitative estimate of drug-likeness (QED) is 0.170. The summed E-state index contributed by atoms with van der Waals surface area (Å²) in [6.45, 7) is 0. The van der Waals surface area contributed by atoms with Crippen LogP contribution in [0.25, 0.3) is 110 Å². The average Bonchev–Trinajstić information content (AvgIpc) is 3.92. The van der Waals surface area contributed by atoms with Gasteiger partial charge in [-0.1, -0.05) is 152 Å². The van der Waals surface area contributed by atoms with Gasteiger partial charge in [-0.05, 0) is 68.6 Å². The molecule has 3 heterocycles. The highest BCUT2D eigenvalue weighted by Gasteiger charge is 2.21. The minimum Gasteiger partial charge on any atom is -0.309 e. The lowest BCUT2D eigenvalue weighted by molar-refractivity contribution is 0.953. The summed E-state index contributed by atoms with van der Waals surface area (Å²) in [5, 5.41) is 5.80. The SMILES string of the molecule is [2H]c1c([2H])c([2H])c2c(c1[2H])c1c([2H])c3c4c([2H])c([2H])c([2H])c([2H])c4n(-c4nc(-c5ccccc5)nc(-c5ccccc5)n4)c3c([2H])c1n2-c1ccc2c3ccccc3c3ccccc3c2c1. The molecule has 0 bridgehead atoms. The van der Waals surface area contributed by atoms with E-state index in [2.05, 4.69) is 18.2 Å². The Bertz CT molecular complexity index is 4020. The van der Waals surface area contributed by atoms with Crippen LogP contribution in [0.2, 0.25) is 0 Å². The van der Waals surface area contributed by atoms with Crippen LogP contribution in [0.1, 0.15) is 13.7 Å². The summed E-state index contributed by atoms with van der Waals surface area (Å²) in [6.07, 6.45) is 0. The Hall–Kier alpha value is -7.63. The molecule has 56 heavy (non-hydrogen) atoms. The molecule has 12 aromatic rings. The molecule has 0 saturated heterocycles. The summed E-state index contributed by atoms with van der Waals surface area (Å²) >= 11 is 0. The molecule has 5 nitrogen and oxygen atoms in total. The number of nitrogens with zero attached hydrogens (tertiary/aromatic N) is 5. The standard InChI is InChI=1S/C51H31N5/c1-3-15-32(16-4-1)49-52-50(33-17-5-2-6-18-33)54-51(53-49)56-46-26-14-12-24-41(46)44-30-43-40-23-11-13-25-45(40)55(47(43)31-48(44)56)34-27-28-39-37-21-8-7-19-35(37)36-20-9-10-22-38(36)42(39)29-34/h1-31H/i11D,12D,13D,14D,23D,24D,25D,26D,30D,31D. The Kier molecular flexibility index (Phi) is 4.81. The second-order valence-corrected chi connectivity index (χ2v) is 13.7. The first kappa shape index (κ1) is 22.6. The van der Waals surface area contributed by atoms with Crippen LogP contribution >= 0.6 is 0 Å². The average molecular weight is 724 g/mol. The summed E-state index contributed by atoms with van der Waals surface area (Å²) in [4.78, 5) is 14.7. The molecule has 0 N–H and O–H groups in total. The molecule has 0 amide bonds. The number of benzene rings is 9. The fourth-order valence-electron chi connectivity index (χ4n) is 8.10. The minimum atomic E-state index is -0.552. The second kappa shape index (κ2) is 11.9. The molecule has 0 unspecified atom stereocenters. The minimum absolute atomic E-state index is 0.000471. The van der Waals surface area contributed by atoms with E-state index in [1.807, 2.05) is 109 Å². The first-order valence-electron chi connectivity index (χ1n) is 23.1. The topological polar surface area (TPSA) is 48.5 Å². The van der Waals surface area contributed by atoms with Crippen molar-refractivity contribution < 1.29 is 13.7 Å². The monoisotopic (exact) mass is 723 g/mol. The van der Waals surface area contributed by atoms with E-state index in [4.69, 9.17) is 20.4 Å². The van der Waals surface area contributed by atoms with Crippen molar-refractivity contribution in [1.29, 1.82) is 0 Å². The van der Waals surface area contributed by atoms with E-state index in [-0.39, 0.29) is 79.3 Å². The predicted molar refractivity (Wildman–Crippen MR) is 232 cm³/mol. The van der Waals surface area contributed by atoms with Crippen molar-refractivity contribution in [3.63, 3.8) is 0 Å². The molecule has 0 radical (unpaired) electrons. The number of fused-ring (bicyclic) bond motifs is 12. The van der Waals surface area contributed by atoms with Crippen LogP contribution in [0.15, 0.2) is 188 Å². The van der Waals surface area contributed by atoms with Crippen LogP contribution in [0.3, 0.4) is 0 Å². The van der Waals surface area contributed by atoms with Crippen LogP contribution in [0.5, 0.6) is 0 Å². The summed E-state index contributed by atoms with van der Waals surface area (Å²) in [6, 6.07) is 36.0. The van der Waals surface area contributed by atoms with Gasteiger partial charge in [0.15, 0.2) is 11.6 Å². The van der Waals surface area contributed by atoms with Gasteiger partial charge in [-0.25, -0.2) is 4.98 Å². The molecule has 9 aromatic carbocycles. The molecular formula is C51H31N5. The summed E-state index contributed by atoms with van der Waals surface area (Å²) in [5.41, 5.74) is 1.76. The number of rotatable bonds is 4. The highest BCUT2D eigenvalue weighted by atomic mass is 15.2. The van der Waals surface area contributed by atoms with E-state index in [0.717, 1.165) is 32.3 Å². The Balaban J connectivity index is 1.31. The van der Waals surface area contributed by atoms with E-state index in [1.165, 1.54) is 4.57 Å². The maximum Gasteiger partial charge on any atom is 0.238 e. The summed E-state index contributed by atoms with van der Waals surface area (Å²) < 4.78 is 96.3. The van der Waals surface area contributed by atoms with Gasteiger partial charge in [0.25, 0.3) is 0 Å². The van der Waals surface area contributed by atoms with Crippen molar-refractivity contribution in [2.24, 2.45) is 0 Å². The predicted octanol–water partition coefficient (Wildman–Crippen LogP) is 12.9. The third kappa shape index (κ3) is 4.52. The molecule has 0 fully saturated rings. The van der Waals surface area contributed by atoms with Gasteiger partial charge in [-0.2, -0.15) is 9.97 Å². The zero-order chi connectivity index (χ0) is 45.4. The molecule has 260 valence electrons. The maximum absolute atomic E-state index is 10.4. The highest BCUT2D eigenvalue weighted by Crippen LogP contribution is 2.41. The lowest BCUT2D eigenvalue weighted by atomic mass is 9.94. The van der Waals surface area contributed by atoms with E-state index < -0.39 is 42.3 Å². The Morgan fingerprint density at radius 3 is 1.39 bits per heavy atom. The Morgan fingerprint density at radius 1 is 0.357 bits per heavy atom. The molecule has 0 aliphatic heterocycles. The lowest BCUT2D eigenvalue weighted by Gasteiger charge is -2.14. The van der Waals surface area contributed by atoms with Crippen molar-refractivity contribution in [1.82, 2.24) is 24.1 Å². The third-order valence-electron chi connectivity index (χ3n) is 10.6. The zero-order valence-electron chi connectivity index (χ0n) is 39.4. The molecule has 5 heteroatoms. The molecule has 0 aliphatic carbocycles. The molecular weight excluding hydrogens is 683 g/mol. The van der Waals surface area contributed by atoms with Crippen molar-refractivity contribution in [2.75, 3.05) is 0 Å². The summed E-state index contributed by atoms with van der Waals surface area (Å²) in [7, 11) is 0. The first-order valence-corrected chi connectivity index (χ1v) is 18.1. The first-order chi connectivity index (χ1) is 32.0. The van der Waals surface area contributed by atoms with E-state index in [9.17, 15) is 8.22 Å². The Morgan fingerprint density at radius 2 is 0.821 bits per heavy atom. The lowest BCUT2D eigenvalue weighted by Crippen LogP contribution is -2.06. The van der Waals surface area contributed by atoms with E-state index >= 15 is 0 Å². The van der Waals surface area contributed by atoms with Gasteiger partial charge >= 0.3 is 0 Å². The smallest absolute Gasteiger partial charge is 0.238 e. The van der Waals surface area contributed by atoms with Crippen LogP contribution in [-0.2, 0) is 0 Å². The molecule has 0 saturated carbocycles. The van der Waals surface area contributed by atoms with Gasteiger partial charge in [0.05, 0.1) is 35.8 Å². The largest absolute Gasteiger partial charge is 0.309 e. The van der Waals surface area contributed by atoms with Crippen LogP contribution in [-0.4, -0.2) is 24.1 Å². The number of hydrogen-bond donors (Lipinski definition) is 0. The third-order valence-corrected chi connectivity index (χ3v) is 10.6. The van der Waals surface area contributed by atoms with Crippen molar-refractivity contribution in [3.05, 3.63) is 188 Å². The number of aromatic nitrogens is 5. The number of hydrogen-bond acceptors (Lipinski definition) is 3. The fraction of sp³-hybridized carbons (Fsp3) is 0. The van der Waals surface area contributed by atoms with Crippen molar-refractivity contribution >= 4 is 75.9 Å². The maximum atomic E-state index is 10.4. The van der Waals surface area contributed by atoms with Crippen molar-refractivity contribution in [2.45, 2.75) is 0 Å². The Labute approximate surface area is 335 Å². The van der Waals surface area contributed by atoms with Crippen LogP contribution < -0.4 is 0 Å². The zero-order valence-corrected chi connectivity index (χ0v) is 29.4. The van der Waals surface area contributed by atoms with Gasteiger partial charge in [-0.15, -0.1) is 0 Å². The fourth-order valence-corrected chi connectivity index (χ4v) is 8.10. The molecule has 0 atom stereocenters. The van der Waals surface area contributed by atoms with Gasteiger partial charge in [0.2, 0.25) is 5.95 Å². The number of para-hydroxylation sites is 2. The van der Waals surface area contributed by atoms with Gasteiger partial charge in [0, 0.05) is 38.4 Å². The molecule has 0 aliphatic rings. The molecule has 3 aromatic heterocycles. The molecule has 12 rings (SSSR count). The highest BCUT2D eigenvalue weighted by molar-refractivity contribution is 6.26. The molecule has 0 spiro atoms. The van der Waals surface area contributed by atoms with Gasteiger partial charge in [-0.3, -0.25) is 4.57 Å². The van der Waals surface area contributed by atoms with Crippen LogP contribution in [0.4, 0.5) is 0 Å². The normalized spacial score (nSPS) is 14.4. The van der Waals surface area contributed by atoms with Crippen molar-refractivity contribution in [3.8, 4) is 34.4 Å². The second-order valence-electron chi connectivity index (χ2n) is 13.7. The van der Waals surface area contributed by atoms with Crippen LogP contribution in [0, 0.1) is 0 Å². The summed E-state index contributed by atoms with van der Waals surface area (Å²) in [5.74, 6) is 0.432. The van der Waals surface area contributed by atoms with E-state index in [0.29, 0.717) is 16.8 Å². The van der Waals surface area contributed by atoms with Gasteiger partial charge < -0.3 is 4.57 Å².